The standard InChI is InChI=1S/C37H46N2O8S2/c40-32(27(15-25-9-5-4-6-10-25)18-35(41)47-36-29-17-30-31(36)23-46-37(30)45-22-29)20-39-13-7-2-1-3-8-14-44-21-28-16-26(33-19-38-24-48-33)11-12-34(28)49(39,42)43/h4-6,9-12,16,19,24,27,29-32,36-37,40H,1-3,7-8,13-15,17-18,20-23H2/t27-,29?,30?,31-,32-,36+,37+/m1/s1. The van der Waals surface area contributed by atoms with E-state index in [2.05, 4.69) is 4.98 Å². The van der Waals surface area contributed by atoms with Gasteiger partial charge in [0.15, 0.2) is 6.29 Å². The van der Waals surface area contributed by atoms with E-state index in [0.717, 1.165) is 48.1 Å². The Hall–Kier alpha value is -2.71. The zero-order valence-corrected chi connectivity index (χ0v) is 29.4. The van der Waals surface area contributed by atoms with Crippen molar-refractivity contribution in [1.82, 2.24) is 9.29 Å². The summed E-state index contributed by atoms with van der Waals surface area (Å²) in [5.41, 5.74) is 4.18. The summed E-state index contributed by atoms with van der Waals surface area (Å²) in [6.07, 6.45) is 5.92. The zero-order chi connectivity index (χ0) is 33.8. The van der Waals surface area contributed by atoms with E-state index in [0.29, 0.717) is 38.2 Å². The van der Waals surface area contributed by atoms with E-state index in [1.54, 1.807) is 17.8 Å². The van der Waals surface area contributed by atoms with Crippen LogP contribution in [0.1, 0.15) is 56.1 Å². The zero-order valence-electron chi connectivity index (χ0n) is 27.7. The van der Waals surface area contributed by atoms with Crippen LogP contribution in [0, 0.1) is 23.7 Å². The van der Waals surface area contributed by atoms with Gasteiger partial charge in [-0.15, -0.1) is 11.3 Å². The quantitative estimate of drug-likeness (QED) is 0.289. The second kappa shape index (κ2) is 15.7. The smallest absolute Gasteiger partial charge is 0.306 e. The van der Waals surface area contributed by atoms with Crippen molar-refractivity contribution < 1.29 is 37.3 Å². The van der Waals surface area contributed by atoms with Crippen molar-refractivity contribution in [2.24, 2.45) is 23.7 Å². The molecule has 264 valence electrons. The average molecular weight is 711 g/mol. The Morgan fingerprint density at radius 2 is 1.86 bits per heavy atom. The highest BCUT2D eigenvalue weighted by Crippen LogP contribution is 2.49. The van der Waals surface area contributed by atoms with Crippen molar-refractivity contribution in [2.75, 3.05) is 32.9 Å². The monoisotopic (exact) mass is 710 g/mol. The number of aliphatic hydroxyl groups excluding tert-OH is 1. The van der Waals surface area contributed by atoms with Crippen LogP contribution in [0.2, 0.25) is 0 Å². The number of sulfonamides is 1. The van der Waals surface area contributed by atoms with Crippen LogP contribution in [-0.2, 0) is 46.8 Å². The second-order valence-electron chi connectivity index (χ2n) is 13.9. The van der Waals surface area contributed by atoms with Gasteiger partial charge in [-0.1, -0.05) is 55.7 Å². The number of hydrogen-bond donors (Lipinski definition) is 1. The molecule has 2 bridgehead atoms. The molecule has 0 amide bonds. The highest BCUT2D eigenvalue weighted by atomic mass is 32.2. The van der Waals surface area contributed by atoms with Crippen LogP contribution in [0.4, 0.5) is 0 Å². The van der Waals surface area contributed by atoms with Crippen molar-refractivity contribution in [3.05, 3.63) is 71.4 Å². The highest BCUT2D eigenvalue weighted by Gasteiger charge is 2.56. The first-order chi connectivity index (χ1) is 23.9. The van der Waals surface area contributed by atoms with E-state index in [1.165, 1.54) is 15.6 Å². The number of carbonyl (C=O) groups is 1. The number of esters is 1. The van der Waals surface area contributed by atoms with E-state index < -0.39 is 22.0 Å². The van der Waals surface area contributed by atoms with Gasteiger partial charge in [0.1, 0.15) is 6.10 Å². The SMILES string of the molecule is O=C(C[C@@H](Cc1ccccc1)[C@H](O)CN1CCCCCCCOCc2cc(-c3cncs3)ccc2S1(=O)=O)O[C@H]1C2CO[C@H]3OC[C@@H]1C3C2. The third-order valence-electron chi connectivity index (χ3n) is 10.6. The highest BCUT2D eigenvalue weighted by molar-refractivity contribution is 7.89. The van der Waals surface area contributed by atoms with E-state index in [9.17, 15) is 18.3 Å². The van der Waals surface area contributed by atoms with Crippen LogP contribution in [0.3, 0.4) is 0 Å². The Labute approximate surface area is 292 Å². The minimum absolute atomic E-state index is 0.0294. The van der Waals surface area contributed by atoms with Gasteiger partial charge in [0.25, 0.3) is 0 Å². The van der Waals surface area contributed by atoms with Gasteiger partial charge in [-0.25, -0.2) is 8.42 Å². The number of β-amino-alcohol motifs (C(OH)–C–C–N with tert-alkyl or cyclic N) is 1. The van der Waals surface area contributed by atoms with Crippen LogP contribution < -0.4 is 0 Å². The lowest BCUT2D eigenvalue weighted by molar-refractivity contribution is -0.178. The first-order valence-corrected chi connectivity index (χ1v) is 19.9. The molecule has 10 nitrogen and oxygen atoms in total. The lowest BCUT2D eigenvalue weighted by atomic mass is 9.90. The summed E-state index contributed by atoms with van der Waals surface area (Å²) in [5, 5.41) is 11.9. The number of rotatable bonds is 9. The summed E-state index contributed by atoms with van der Waals surface area (Å²) in [6, 6.07) is 15.0. The molecule has 3 aromatic rings. The molecule has 12 heteroatoms. The van der Waals surface area contributed by atoms with Gasteiger partial charge in [0.2, 0.25) is 10.0 Å². The number of hydrogen-bond acceptors (Lipinski definition) is 10. The maximum atomic E-state index is 14.5. The van der Waals surface area contributed by atoms with Gasteiger partial charge < -0.3 is 24.1 Å². The minimum Gasteiger partial charge on any atom is -0.462 e. The largest absolute Gasteiger partial charge is 0.462 e. The molecule has 1 N–H and O–H groups in total. The van der Waals surface area contributed by atoms with Gasteiger partial charge >= 0.3 is 5.97 Å². The second-order valence-corrected chi connectivity index (χ2v) is 16.7. The number of nitrogens with zero attached hydrogens (tertiary/aromatic N) is 2. The molecule has 2 saturated heterocycles. The number of benzene rings is 2. The molecule has 4 heterocycles. The summed E-state index contributed by atoms with van der Waals surface area (Å²) in [4.78, 5) is 18.9. The maximum absolute atomic E-state index is 14.5. The lowest BCUT2D eigenvalue weighted by Crippen LogP contribution is -2.42. The molecule has 3 fully saturated rings. The molecule has 3 aliphatic heterocycles. The summed E-state index contributed by atoms with van der Waals surface area (Å²) in [5.74, 6) is -0.426. The third-order valence-corrected chi connectivity index (χ3v) is 13.4. The Morgan fingerprint density at radius 3 is 2.69 bits per heavy atom. The Kier molecular flexibility index (Phi) is 11.1. The normalized spacial score (nSPS) is 28.4. The van der Waals surface area contributed by atoms with Gasteiger partial charge in [-0.2, -0.15) is 4.31 Å². The van der Waals surface area contributed by atoms with Crippen molar-refractivity contribution in [3.63, 3.8) is 0 Å². The number of ether oxygens (including phenoxy) is 4. The summed E-state index contributed by atoms with van der Waals surface area (Å²) in [7, 11) is -4.04. The number of thiazole rings is 1. The first kappa shape index (κ1) is 34.7. The van der Waals surface area contributed by atoms with Gasteiger partial charge in [-0.3, -0.25) is 9.78 Å². The Balaban J connectivity index is 1.13. The van der Waals surface area contributed by atoms with E-state index in [4.69, 9.17) is 18.9 Å². The number of carbonyl (C=O) groups excluding carboxylic acids is 1. The number of aliphatic hydroxyl groups is 1. The molecule has 2 aromatic carbocycles. The van der Waals surface area contributed by atoms with E-state index in [-0.39, 0.29) is 67.1 Å². The number of fused-ring (bicyclic) bond motifs is 2. The minimum atomic E-state index is -4.04. The molecule has 1 aromatic heterocycles. The fourth-order valence-corrected chi connectivity index (χ4v) is 10.3. The molecule has 7 atom stereocenters. The lowest BCUT2D eigenvalue weighted by Gasteiger charge is -2.31. The molecule has 1 aliphatic carbocycles. The van der Waals surface area contributed by atoms with Crippen LogP contribution >= 0.6 is 11.3 Å². The predicted octanol–water partition coefficient (Wildman–Crippen LogP) is 5.44. The van der Waals surface area contributed by atoms with E-state index >= 15 is 0 Å². The fourth-order valence-electron chi connectivity index (χ4n) is 7.99. The predicted molar refractivity (Wildman–Crippen MR) is 184 cm³/mol. The van der Waals surface area contributed by atoms with Crippen LogP contribution in [0.25, 0.3) is 10.4 Å². The van der Waals surface area contributed by atoms with Crippen molar-refractivity contribution in [1.29, 1.82) is 0 Å². The molecule has 1 saturated carbocycles. The summed E-state index contributed by atoms with van der Waals surface area (Å²) >= 11 is 1.49. The van der Waals surface area contributed by atoms with Crippen molar-refractivity contribution in [2.45, 2.75) is 81.4 Å². The molecule has 4 aliphatic rings. The van der Waals surface area contributed by atoms with Gasteiger partial charge in [0.05, 0.1) is 47.6 Å². The Bertz CT molecular complexity index is 1650. The molecule has 2 unspecified atom stereocenters. The molecule has 49 heavy (non-hydrogen) atoms. The fraction of sp³-hybridized carbons (Fsp3) is 0.568. The molecule has 7 rings (SSSR count). The summed E-state index contributed by atoms with van der Waals surface area (Å²) in [6.45, 7) is 1.90. The first-order valence-electron chi connectivity index (χ1n) is 17.6. The third kappa shape index (κ3) is 7.96. The number of aromatic nitrogens is 1. The van der Waals surface area contributed by atoms with Crippen molar-refractivity contribution in [3.8, 4) is 10.4 Å². The molecule has 0 radical (unpaired) electrons. The summed E-state index contributed by atoms with van der Waals surface area (Å²) < 4.78 is 54.2. The van der Waals surface area contributed by atoms with Crippen LogP contribution in [0.5, 0.6) is 0 Å². The molecular formula is C37H46N2O8S2. The average Bonchev–Trinajstić information content (AvgIpc) is 3.84. The maximum Gasteiger partial charge on any atom is 0.306 e. The molecular weight excluding hydrogens is 665 g/mol. The van der Waals surface area contributed by atoms with Crippen molar-refractivity contribution >= 4 is 27.3 Å². The van der Waals surface area contributed by atoms with Gasteiger partial charge in [-0.05, 0) is 54.5 Å². The Morgan fingerprint density at radius 1 is 1.04 bits per heavy atom. The molecule has 0 spiro atoms. The van der Waals surface area contributed by atoms with E-state index in [1.807, 2.05) is 42.5 Å². The topological polar surface area (TPSA) is 124 Å². The van der Waals surface area contributed by atoms with Crippen LogP contribution in [-0.4, -0.2) is 80.2 Å². The van der Waals surface area contributed by atoms with Crippen LogP contribution in [0.15, 0.2) is 65.1 Å². The van der Waals surface area contributed by atoms with Gasteiger partial charge in [0, 0.05) is 49.6 Å².